The molecule has 94 valence electrons. The summed E-state index contributed by atoms with van der Waals surface area (Å²) in [6.07, 6.45) is 4.59. The predicted octanol–water partition coefficient (Wildman–Crippen LogP) is 1.49. The average molecular weight is 258 g/mol. The lowest BCUT2D eigenvalue weighted by Gasteiger charge is -2.36. The van der Waals surface area contributed by atoms with Gasteiger partial charge in [-0.2, -0.15) is 0 Å². The SMILES string of the molecule is COc1c(Cl)ncnc1N1CCCCC1CO. The standard InChI is InChI=1S/C11H16ClN3O2/c1-17-9-10(12)13-7-14-11(9)15-5-3-2-4-8(15)6-16/h7-8,16H,2-6H2,1H3. The third kappa shape index (κ3) is 2.45. The molecule has 6 heteroatoms. The molecule has 0 spiro atoms. The van der Waals surface area contributed by atoms with Crippen LogP contribution in [0.25, 0.3) is 0 Å². The van der Waals surface area contributed by atoms with Gasteiger partial charge < -0.3 is 14.7 Å². The van der Waals surface area contributed by atoms with Crippen LogP contribution in [0.5, 0.6) is 5.75 Å². The van der Waals surface area contributed by atoms with Gasteiger partial charge in [0.05, 0.1) is 19.8 Å². The van der Waals surface area contributed by atoms with Crippen LogP contribution in [0.3, 0.4) is 0 Å². The van der Waals surface area contributed by atoms with Gasteiger partial charge in [-0.1, -0.05) is 11.6 Å². The van der Waals surface area contributed by atoms with Crippen molar-refractivity contribution in [2.45, 2.75) is 25.3 Å². The summed E-state index contributed by atoms with van der Waals surface area (Å²) in [5.41, 5.74) is 0. The van der Waals surface area contributed by atoms with Crippen LogP contribution in [0.2, 0.25) is 5.15 Å². The fourth-order valence-electron chi connectivity index (χ4n) is 2.19. The zero-order chi connectivity index (χ0) is 12.3. The van der Waals surface area contributed by atoms with Gasteiger partial charge in [0.2, 0.25) is 0 Å². The first kappa shape index (κ1) is 12.4. The van der Waals surface area contributed by atoms with Gasteiger partial charge in [0.25, 0.3) is 0 Å². The van der Waals surface area contributed by atoms with E-state index in [1.54, 1.807) is 7.11 Å². The van der Waals surface area contributed by atoms with Crippen LogP contribution in [0.4, 0.5) is 5.82 Å². The summed E-state index contributed by atoms with van der Waals surface area (Å²) < 4.78 is 5.24. The molecule has 0 amide bonds. The van der Waals surface area contributed by atoms with Gasteiger partial charge in [0.15, 0.2) is 16.7 Å². The molecule has 1 atom stereocenters. The Morgan fingerprint density at radius 1 is 1.53 bits per heavy atom. The molecular weight excluding hydrogens is 242 g/mol. The molecular formula is C11H16ClN3O2. The number of aliphatic hydroxyl groups is 1. The van der Waals surface area contributed by atoms with Crippen LogP contribution in [-0.2, 0) is 0 Å². The van der Waals surface area contributed by atoms with Crippen molar-refractivity contribution in [3.63, 3.8) is 0 Å². The van der Waals surface area contributed by atoms with Crippen LogP contribution in [0.1, 0.15) is 19.3 Å². The molecule has 1 fully saturated rings. The van der Waals surface area contributed by atoms with Crippen molar-refractivity contribution in [3.8, 4) is 5.75 Å². The highest BCUT2D eigenvalue weighted by atomic mass is 35.5. The molecule has 1 N–H and O–H groups in total. The zero-order valence-corrected chi connectivity index (χ0v) is 10.5. The number of aromatic nitrogens is 2. The number of nitrogens with zero attached hydrogens (tertiary/aromatic N) is 3. The second kappa shape index (κ2) is 5.51. The highest BCUT2D eigenvalue weighted by Crippen LogP contribution is 2.34. The summed E-state index contributed by atoms with van der Waals surface area (Å²) in [5.74, 6) is 1.15. The predicted molar refractivity (Wildman–Crippen MR) is 65.7 cm³/mol. The minimum atomic E-state index is 0.0867. The van der Waals surface area contributed by atoms with Crippen molar-refractivity contribution in [1.29, 1.82) is 0 Å². The molecule has 1 aromatic rings. The van der Waals surface area contributed by atoms with Gasteiger partial charge in [0.1, 0.15) is 6.33 Å². The molecule has 0 bridgehead atoms. The molecule has 2 rings (SSSR count). The largest absolute Gasteiger partial charge is 0.490 e. The molecule has 0 aliphatic carbocycles. The monoisotopic (exact) mass is 257 g/mol. The Bertz CT molecular complexity index is 389. The van der Waals surface area contributed by atoms with E-state index in [1.807, 2.05) is 0 Å². The summed E-state index contributed by atoms with van der Waals surface area (Å²) >= 11 is 5.97. The highest BCUT2D eigenvalue weighted by molar-refractivity contribution is 6.31. The maximum Gasteiger partial charge on any atom is 0.199 e. The quantitative estimate of drug-likeness (QED) is 0.832. The van der Waals surface area contributed by atoms with E-state index in [2.05, 4.69) is 14.9 Å². The summed E-state index contributed by atoms with van der Waals surface area (Å²) in [4.78, 5) is 10.2. The molecule has 1 aromatic heterocycles. The minimum Gasteiger partial charge on any atom is -0.490 e. The van der Waals surface area contributed by atoms with Gasteiger partial charge >= 0.3 is 0 Å². The van der Waals surface area contributed by atoms with E-state index in [0.29, 0.717) is 16.7 Å². The number of halogens is 1. The van der Waals surface area contributed by atoms with Crippen molar-refractivity contribution in [2.24, 2.45) is 0 Å². The van der Waals surface area contributed by atoms with Crippen LogP contribution < -0.4 is 9.64 Å². The Morgan fingerprint density at radius 3 is 3.06 bits per heavy atom. The molecule has 5 nitrogen and oxygen atoms in total. The molecule has 0 saturated carbocycles. The second-order valence-corrected chi connectivity index (χ2v) is 4.40. The van der Waals surface area contributed by atoms with Crippen LogP contribution in [0.15, 0.2) is 6.33 Å². The first-order valence-corrected chi connectivity index (χ1v) is 6.07. The lowest BCUT2D eigenvalue weighted by atomic mass is 10.0. The molecule has 1 unspecified atom stereocenters. The number of anilines is 1. The third-order valence-corrected chi connectivity index (χ3v) is 3.32. The minimum absolute atomic E-state index is 0.0867. The molecule has 1 saturated heterocycles. The molecule has 1 aliphatic rings. The van der Waals surface area contributed by atoms with Crippen molar-refractivity contribution in [2.75, 3.05) is 25.2 Å². The summed E-state index contributed by atoms with van der Waals surface area (Å²) in [7, 11) is 1.55. The van der Waals surface area contributed by atoms with Crippen LogP contribution in [-0.4, -0.2) is 41.4 Å². The number of rotatable bonds is 3. The van der Waals surface area contributed by atoms with Crippen LogP contribution in [0, 0.1) is 0 Å². The maximum atomic E-state index is 9.40. The Hall–Kier alpha value is -1.07. The van der Waals surface area contributed by atoms with Crippen molar-refractivity contribution < 1.29 is 9.84 Å². The third-order valence-electron chi connectivity index (χ3n) is 3.06. The second-order valence-electron chi connectivity index (χ2n) is 4.05. The normalized spacial score (nSPS) is 20.4. The van der Waals surface area contributed by atoms with Gasteiger partial charge in [-0.3, -0.25) is 0 Å². The summed E-state index contributed by atoms with van der Waals surface area (Å²) in [6.45, 7) is 0.972. The first-order chi connectivity index (χ1) is 8.27. The number of piperidine rings is 1. The van der Waals surface area contributed by atoms with Crippen molar-refractivity contribution in [3.05, 3.63) is 11.5 Å². The van der Waals surface area contributed by atoms with E-state index in [4.69, 9.17) is 16.3 Å². The van der Waals surface area contributed by atoms with Gasteiger partial charge in [-0.25, -0.2) is 9.97 Å². The maximum absolute atomic E-state index is 9.40. The Morgan fingerprint density at radius 2 is 2.35 bits per heavy atom. The van der Waals surface area contributed by atoms with Gasteiger partial charge in [-0.05, 0) is 19.3 Å². The fraction of sp³-hybridized carbons (Fsp3) is 0.636. The highest BCUT2D eigenvalue weighted by Gasteiger charge is 2.26. The Balaban J connectivity index is 2.34. The van der Waals surface area contributed by atoms with E-state index >= 15 is 0 Å². The molecule has 0 radical (unpaired) electrons. The average Bonchev–Trinajstić information content (AvgIpc) is 2.38. The first-order valence-electron chi connectivity index (χ1n) is 5.70. The lowest BCUT2D eigenvalue weighted by molar-refractivity contribution is 0.238. The molecule has 2 heterocycles. The number of methoxy groups -OCH3 is 1. The van der Waals surface area contributed by atoms with Crippen molar-refractivity contribution >= 4 is 17.4 Å². The smallest absolute Gasteiger partial charge is 0.199 e. The molecule has 1 aliphatic heterocycles. The number of aliphatic hydroxyl groups excluding tert-OH is 1. The molecule has 0 aromatic carbocycles. The van der Waals surface area contributed by atoms with E-state index in [0.717, 1.165) is 25.8 Å². The van der Waals surface area contributed by atoms with E-state index < -0.39 is 0 Å². The zero-order valence-electron chi connectivity index (χ0n) is 9.77. The van der Waals surface area contributed by atoms with E-state index in [-0.39, 0.29) is 12.6 Å². The van der Waals surface area contributed by atoms with Crippen molar-refractivity contribution in [1.82, 2.24) is 9.97 Å². The van der Waals surface area contributed by atoms with E-state index in [1.165, 1.54) is 6.33 Å². The van der Waals surface area contributed by atoms with Gasteiger partial charge in [-0.15, -0.1) is 0 Å². The molecule has 17 heavy (non-hydrogen) atoms. The Labute approximate surface area is 105 Å². The topological polar surface area (TPSA) is 58.5 Å². The number of hydrogen-bond acceptors (Lipinski definition) is 5. The lowest BCUT2D eigenvalue weighted by Crippen LogP contribution is -2.42. The number of ether oxygens (including phenoxy) is 1. The summed E-state index contributed by atoms with van der Waals surface area (Å²) in [6, 6.07) is 0.0867. The fourth-order valence-corrected chi connectivity index (χ4v) is 2.40. The van der Waals surface area contributed by atoms with Crippen LogP contribution >= 0.6 is 11.6 Å². The Kier molecular flexibility index (Phi) is 4.02. The number of hydrogen-bond donors (Lipinski definition) is 1. The summed E-state index contributed by atoms with van der Waals surface area (Å²) in [5, 5.41) is 9.70. The van der Waals surface area contributed by atoms with Gasteiger partial charge in [0, 0.05) is 6.54 Å². The van der Waals surface area contributed by atoms with E-state index in [9.17, 15) is 5.11 Å².